The van der Waals surface area contributed by atoms with Crippen molar-refractivity contribution >= 4 is 0 Å². The molecule has 1 aromatic carbocycles. The maximum absolute atomic E-state index is 7.39. The molecule has 58 valence electrons. The Morgan fingerprint density at radius 2 is 2.45 bits per heavy atom. The van der Waals surface area contributed by atoms with Crippen molar-refractivity contribution in [3.63, 3.8) is 0 Å². The second-order valence-electron chi connectivity index (χ2n) is 2.12. The first-order valence-electron chi connectivity index (χ1n) is 3.75. The van der Waals surface area contributed by atoms with Gasteiger partial charge in [0.05, 0.1) is 8.48 Å². The molecular weight excluding hydrogens is 144 g/mol. The molecular formula is C8H8O3. The fourth-order valence-corrected chi connectivity index (χ4v) is 0.999. The van der Waals surface area contributed by atoms with E-state index in [9.17, 15) is 0 Å². The van der Waals surface area contributed by atoms with Crippen LogP contribution >= 0.6 is 0 Å². The van der Waals surface area contributed by atoms with Gasteiger partial charge < -0.3 is 14.2 Å². The summed E-state index contributed by atoms with van der Waals surface area (Å²) in [6, 6.07) is 3.55. The first kappa shape index (κ1) is 5.29. The van der Waals surface area contributed by atoms with Crippen LogP contribution in [0.2, 0.25) is 0 Å². The fourth-order valence-electron chi connectivity index (χ4n) is 0.999. The molecule has 1 heterocycles. The minimum absolute atomic E-state index is 0.204. The molecule has 0 amide bonds. The van der Waals surface area contributed by atoms with Gasteiger partial charge in [0.25, 0.3) is 0 Å². The van der Waals surface area contributed by atoms with Gasteiger partial charge in [-0.25, -0.2) is 0 Å². The number of hydrogen-bond donors (Lipinski definition) is 0. The van der Waals surface area contributed by atoms with Crippen LogP contribution in [-0.4, -0.2) is 13.9 Å². The molecule has 1 aliphatic rings. The summed E-state index contributed by atoms with van der Waals surface area (Å²) in [4.78, 5) is 0. The number of benzene rings is 1. The predicted octanol–water partition coefficient (Wildman–Crippen LogP) is 1.42. The van der Waals surface area contributed by atoms with Crippen LogP contribution in [0, 0.1) is 0 Å². The Kier molecular flexibility index (Phi) is 1.13. The van der Waals surface area contributed by atoms with Crippen molar-refractivity contribution < 1.29 is 15.6 Å². The molecule has 0 aliphatic carbocycles. The van der Waals surface area contributed by atoms with Crippen LogP contribution < -0.4 is 14.2 Å². The third-order valence-electron chi connectivity index (χ3n) is 1.51. The lowest BCUT2D eigenvalue weighted by Crippen LogP contribution is -1.93. The van der Waals surface area contributed by atoms with Crippen molar-refractivity contribution in [2.75, 3.05) is 13.9 Å². The Labute approximate surface area is 65.9 Å². The molecule has 0 unspecified atom stereocenters. The third-order valence-corrected chi connectivity index (χ3v) is 1.51. The maximum atomic E-state index is 7.39. The number of para-hydroxylation sites is 1. The maximum Gasteiger partial charge on any atom is 0.231 e. The van der Waals surface area contributed by atoms with Crippen molar-refractivity contribution in [1.82, 2.24) is 0 Å². The summed E-state index contributed by atoms with van der Waals surface area (Å²) in [5.41, 5.74) is 0. The van der Waals surface area contributed by atoms with Crippen molar-refractivity contribution in [1.29, 1.82) is 0 Å². The highest BCUT2D eigenvalue weighted by atomic mass is 16.7. The van der Waals surface area contributed by atoms with Crippen molar-refractivity contribution in [2.45, 2.75) is 0 Å². The zero-order valence-corrected chi connectivity index (χ0v) is 6.09. The van der Waals surface area contributed by atoms with E-state index < -0.39 is 0 Å². The summed E-state index contributed by atoms with van der Waals surface area (Å²) in [7, 11) is 1.54. The third kappa shape index (κ3) is 0.888. The largest absolute Gasteiger partial charge is 0.493 e. The molecule has 1 aromatic rings. The Bertz CT molecular complexity index is 311. The zero-order chi connectivity index (χ0) is 8.55. The first-order chi connectivity index (χ1) is 5.81. The SMILES string of the molecule is [2H]c1cc(OC)c2c(c1)OCO2. The van der Waals surface area contributed by atoms with Crippen molar-refractivity contribution in [3.05, 3.63) is 18.2 Å². The number of hydrogen-bond acceptors (Lipinski definition) is 3. The number of fused-ring (bicyclic) bond motifs is 1. The van der Waals surface area contributed by atoms with Crippen LogP contribution in [0.3, 0.4) is 0 Å². The molecule has 3 nitrogen and oxygen atoms in total. The molecule has 11 heavy (non-hydrogen) atoms. The first-order valence-corrected chi connectivity index (χ1v) is 3.25. The topological polar surface area (TPSA) is 27.7 Å². The number of rotatable bonds is 1. The molecule has 2 rings (SSSR count). The van der Waals surface area contributed by atoms with Crippen LogP contribution in [0.15, 0.2) is 18.2 Å². The predicted molar refractivity (Wildman–Crippen MR) is 39.1 cm³/mol. The second-order valence-corrected chi connectivity index (χ2v) is 2.12. The van der Waals surface area contributed by atoms with Crippen LogP contribution in [-0.2, 0) is 0 Å². The highest BCUT2D eigenvalue weighted by Gasteiger charge is 2.16. The van der Waals surface area contributed by atoms with E-state index in [1.165, 1.54) is 7.11 Å². The summed E-state index contributed by atoms with van der Waals surface area (Å²) >= 11 is 0. The molecule has 0 bridgehead atoms. The number of methoxy groups -OCH3 is 1. The zero-order valence-electron chi connectivity index (χ0n) is 7.09. The normalized spacial score (nSPS) is 14.5. The lowest BCUT2D eigenvalue weighted by atomic mass is 10.3. The Morgan fingerprint density at radius 1 is 1.55 bits per heavy atom. The second kappa shape index (κ2) is 2.34. The quantitative estimate of drug-likeness (QED) is 0.610. The monoisotopic (exact) mass is 153 g/mol. The van der Waals surface area contributed by atoms with E-state index in [0.29, 0.717) is 23.3 Å². The van der Waals surface area contributed by atoms with E-state index in [4.69, 9.17) is 15.6 Å². The van der Waals surface area contributed by atoms with E-state index in [-0.39, 0.29) is 6.79 Å². The van der Waals surface area contributed by atoms with Gasteiger partial charge in [-0.2, -0.15) is 0 Å². The summed E-state index contributed by atoms with van der Waals surface area (Å²) in [5.74, 6) is 1.72. The Hall–Kier alpha value is -1.38. The van der Waals surface area contributed by atoms with Gasteiger partial charge in [0.2, 0.25) is 12.5 Å². The van der Waals surface area contributed by atoms with Gasteiger partial charge in [0.15, 0.2) is 11.5 Å². The van der Waals surface area contributed by atoms with Gasteiger partial charge in [-0.3, -0.25) is 0 Å². The molecule has 1 aliphatic heterocycles. The lowest BCUT2D eigenvalue weighted by molar-refractivity contribution is 0.171. The molecule has 0 fully saturated rings. The standard InChI is InChI=1S/C8H8O3/c1-9-6-3-2-4-7-8(6)11-5-10-7/h2-4H,5H2,1H3/i2D. The van der Waals surface area contributed by atoms with E-state index in [0.717, 1.165) is 0 Å². The van der Waals surface area contributed by atoms with E-state index >= 15 is 0 Å². The van der Waals surface area contributed by atoms with E-state index in [1.807, 2.05) is 0 Å². The van der Waals surface area contributed by atoms with Gasteiger partial charge in [0.1, 0.15) is 0 Å². The van der Waals surface area contributed by atoms with Gasteiger partial charge in [-0.15, -0.1) is 0 Å². The molecule has 0 aromatic heterocycles. The molecule has 0 saturated heterocycles. The van der Waals surface area contributed by atoms with Crippen LogP contribution in [0.5, 0.6) is 17.2 Å². The van der Waals surface area contributed by atoms with Crippen LogP contribution in [0.1, 0.15) is 1.37 Å². The molecule has 0 atom stereocenters. The molecule has 0 N–H and O–H groups in total. The Balaban J connectivity index is 2.55. The van der Waals surface area contributed by atoms with Gasteiger partial charge in [-0.1, -0.05) is 6.04 Å². The average Bonchev–Trinajstić information content (AvgIpc) is 2.50. The summed E-state index contributed by atoms with van der Waals surface area (Å²) in [6.07, 6.45) is 0. The minimum Gasteiger partial charge on any atom is -0.493 e. The van der Waals surface area contributed by atoms with Crippen molar-refractivity contribution in [2.24, 2.45) is 0 Å². The molecule has 3 heteroatoms. The van der Waals surface area contributed by atoms with E-state index in [1.54, 1.807) is 12.1 Å². The summed E-state index contributed by atoms with van der Waals surface area (Å²) < 4.78 is 22.6. The van der Waals surface area contributed by atoms with Gasteiger partial charge in [-0.05, 0) is 12.1 Å². The Morgan fingerprint density at radius 3 is 3.27 bits per heavy atom. The molecule has 0 spiro atoms. The van der Waals surface area contributed by atoms with Crippen LogP contribution in [0.4, 0.5) is 0 Å². The highest BCUT2D eigenvalue weighted by molar-refractivity contribution is 5.52. The lowest BCUT2D eigenvalue weighted by Gasteiger charge is -2.01. The van der Waals surface area contributed by atoms with Gasteiger partial charge in [0, 0.05) is 0 Å². The molecule has 0 saturated carbocycles. The summed E-state index contributed by atoms with van der Waals surface area (Å²) in [6.45, 7) is 0.204. The van der Waals surface area contributed by atoms with Crippen LogP contribution in [0.25, 0.3) is 0 Å². The highest BCUT2D eigenvalue weighted by Crippen LogP contribution is 2.39. The average molecular weight is 153 g/mol. The fraction of sp³-hybridized carbons (Fsp3) is 0.250. The van der Waals surface area contributed by atoms with Gasteiger partial charge >= 0.3 is 0 Å². The minimum atomic E-state index is 0.204. The number of ether oxygens (including phenoxy) is 3. The van der Waals surface area contributed by atoms with Crippen molar-refractivity contribution in [3.8, 4) is 17.2 Å². The van der Waals surface area contributed by atoms with E-state index in [2.05, 4.69) is 0 Å². The smallest absolute Gasteiger partial charge is 0.231 e. The molecule has 0 radical (unpaired) electrons. The summed E-state index contributed by atoms with van der Waals surface area (Å²) in [5, 5.41) is 0.